The minimum Gasteiger partial charge on any atom is -0.326 e. The minimum atomic E-state index is 0.412. The molecule has 3 heteroatoms. The van der Waals surface area contributed by atoms with E-state index in [1.807, 2.05) is 36.5 Å². The highest BCUT2D eigenvalue weighted by molar-refractivity contribution is 5.56. The van der Waals surface area contributed by atoms with E-state index in [2.05, 4.69) is 23.8 Å². The van der Waals surface area contributed by atoms with Gasteiger partial charge in [0.15, 0.2) is 5.82 Å². The quantitative estimate of drug-likeness (QED) is 0.877. The van der Waals surface area contributed by atoms with E-state index in [0.29, 0.717) is 12.5 Å². The Morgan fingerprint density at radius 3 is 2.76 bits per heavy atom. The molecule has 0 aliphatic heterocycles. The number of hydrogen-bond donors (Lipinski definition) is 1. The lowest BCUT2D eigenvalue weighted by molar-refractivity contribution is 0.816. The maximum Gasteiger partial charge on any atom is 0.159 e. The minimum absolute atomic E-state index is 0.412. The van der Waals surface area contributed by atoms with Gasteiger partial charge >= 0.3 is 0 Å². The lowest BCUT2D eigenvalue weighted by Gasteiger charge is -2.07. The second-order valence-electron chi connectivity index (χ2n) is 4.36. The van der Waals surface area contributed by atoms with Crippen molar-refractivity contribution in [2.24, 2.45) is 5.73 Å². The number of nitrogens with two attached hydrogens (primary N) is 1. The number of benzene rings is 1. The van der Waals surface area contributed by atoms with Crippen molar-refractivity contribution in [2.45, 2.75) is 26.3 Å². The molecule has 0 bridgehead atoms. The van der Waals surface area contributed by atoms with Gasteiger partial charge in [0, 0.05) is 24.0 Å². The van der Waals surface area contributed by atoms with E-state index in [1.54, 1.807) is 0 Å². The predicted molar refractivity (Wildman–Crippen MR) is 69.4 cm³/mol. The maximum atomic E-state index is 5.63. The average Bonchev–Trinajstić information content (AvgIpc) is 2.39. The van der Waals surface area contributed by atoms with Crippen molar-refractivity contribution in [3.05, 3.63) is 47.8 Å². The van der Waals surface area contributed by atoms with Crippen LogP contribution in [0.25, 0.3) is 11.4 Å². The third-order valence-electron chi connectivity index (χ3n) is 2.69. The van der Waals surface area contributed by atoms with E-state index in [0.717, 1.165) is 22.6 Å². The van der Waals surface area contributed by atoms with Gasteiger partial charge in [0.25, 0.3) is 0 Å². The highest BCUT2D eigenvalue weighted by atomic mass is 14.9. The van der Waals surface area contributed by atoms with E-state index < -0.39 is 0 Å². The molecule has 1 heterocycles. The standard InChI is InChI=1S/C14H17N3/c1-10(2)13-6-7-16-14(17-13)12-5-3-4-11(8-12)9-15/h3-8,10H,9,15H2,1-2H3. The van der Waals surface area contributed by atoms with Crippen LogP contribution in [0.4, 0.5) is 0 Å². The van der Waals surface area contributed by atoms with Crippen LogP contribution < -0.4 is 5.73 Å². The molecule has 0 spiro atoms. The first-order valence-corrected chi connectivity index (χ1v) is 5.83. The molecule has 0 aliphatic rings. The molecule has 1 aromatic carbocycles. The van der Waals surface area contributed by atoms with Crippen LogP contribution in [-0.4, -0.2) is 9.97 Å². The smallest absolute Gasteiger partial charge is 0.159 e. The Labute approximate surface area is 102 Å². The van der Waals surface area contributed by atoms with Gasteiger partial charge in [0.1, 0.15) is 0 Å². The molecule has 0 unspecified atom stereocenters. The van der Waals surface area contributed by atoms with Crippen LogP contribution in [0.2, 0.25) is 0 Å². The Hall–Kier alpha value is -1.74. The topological polar surface area (TPSA) is 51.8 Å². The van der Waals surface area contributed by atoms with Crippen LogP contribution >= 0.6 is 0 Å². The number of hydrogen-bond acceptors (Lipinski definition) is 3. The summed E-state index contributed by atoms with van der Waals surface area (Å²) in [6.45, 7) is 4.79. The van der Waals surface area contributed by atoms with Crippen LogP contribution in [0.15, 0.2) is 36.5 Å². The highest BCUT2D eigenvalue weighted by Crippen LogP contribution is 2.18. The van der Waals surface area contributed by atoms with Crippen molar-refractivity contribution in [3.8, 4) is 11.4 Å². The first-order chi connectivity index (χ1) is 8.20. The molecule has 0 fully saturated rings. The zero-order chi connectivity index (χ0) is 12.3. The summed E-state index contributed by atoms with van der Waals surface area (Å²) in [5.41, 5.74) is 8.82. The lowest BCUT2D eigenvalue weighted by atomic mass is 10.1. The molecule has 0 atom stereocenters. The molecule has 1 aromatic heterocycles. The lowest BCUT2D eigenvalue weighted by Crippen LogP contribution is -1.99. The summed E-state index contributed by atoms with van der Waals surface area (Å²) >= 11 is 0. The van der Waals surface area contributed by atoms with Gasteiger partial charge in [-0.1, -0.05) is 32.0 Å². The van der Waals surface area contributed by atoms with Gasteiger partial charge in [-0.25, -0.2) is 9.97 Å². The zero-order valence-corrected chi connectivity index (χ0v) is 10.2. The van der Waals surface area contributed by atoms with Crippen molar-refractivity contribution >= 4 is 0 Å². The van der Waals surface area contributed by atoms with E-state index >= 15 is 0 Å². The molecule has 2 rings (SSSR count). The molecule has 2 aromatic rings. The van der Waals surface area contributed by atoms with Gasteiger partial charge < -0.3 is 5.73 Å². The molecular weight excluding hydrogens is 210 g/mol. The third-order valence-corrected chi connectivity index (χ3v) is 2.69. The Morgan fingerprint density at radius 2 is 2.06 bits per heavy atom. The monoisotopic (exact) mass is 227 g/mol. The molecule has 0 aliphatic carbocycles. The number of nitrogens with zero attached hydrogens (tertiary/aromatic N) is 2. The van der Waals surface area contributed by atoms with Crippen molar-refractivity contribution < 1.29 is 0 Å². The van der Waals surface area contributed by atoms with Crippen LogP contribution in [0, 0.1) is 0 Å². The second-order valence-corrected chi connectivity index (χ2v) is 4.36. The summed E-state index contributed by atoms with van der Waals surface area (Å²) in [5, 5.41) is 0. The van der Waals surface area contributed by atoms with E-state index in [9.17, 15) is 0 Å². The summed E-state index contributed by atoms with van der Waals surface area (Å²) in [6.07, 6.45) is 1.81. The number of rotatable bonds is 3. The van der Waals surface area contributed by atoms with Gasteiger partial charge in [-0.15, -0.1) is 0 Å². The summed E-state index contributed by atoms with van der Waals surface area (Å²) in [7, 11) is 0. The Morgan fingerprint density at radius 1 is 1.24 bits per heavy atom. The van der Waals surface area contributed by atoms with Gasteiger partial charge in [-0.2, -0.15) is 0 Å². The summed E-state index contributed by atoms with van der Waals surface area (Å²) < 4.78 is 0. The molecule has 0 saturated heterocycles. The van der Waals surface area contributed by atoms with Crippen molar-refractivity contribution in [1.29, 1.82) is 0 Å². The maximum absolute atomic E-state index is 5.63. The predicted octanol–water partition coefficient (Wildman–Crippen LogP) is 2.73. The average molecular weight is 227 g/mol. The SMILES string of the molecule is CC(C)c1ccnc(-c2cccc(CN)c2)n1. The fourth-order valence-corrected chi connectivity index (χ4v) is 1.67. The van der Waals surface area contributed by atoms with Gasteiger partial charge in [0.05, 0.1) is 0 Å². The van der Waals surface area contributed by atoms with Crippen molar-refractivity contribution in [1.82, 2.24) is 9.97 Å². The van der Waals surface area contributed by atoms with E-state index in [-0.39, 0.29) is 0 Å². The first-order valence-electron chi connectivity index (χ1n) is 5.83. The Kier molecular flexibility index (Phi) is 3.49. The van der Waals surface area contributed by atoms with Crippen molar-refractivity contribution in [2.75, 3.05) is 0 Å². The molecule has 17 heavy (non-hydrogen) atoms. The Balaban J connectivity index is 2.41. The Bertz CT molecular complexity index is 506. The van der Waals surface area contributed by atoms with Gasteiger partial charge in [-0.05, 0) is 23.6 Å². The van der Waals surface area contributed by atoms with Crippen LogP contribution in [0.3, 0.4) is 0 Å². The summed E-state index contributed by atoms with van der Waals surface area (Å²) in [5.74, 6) is 1.18. The molecule has 3 nitrogen and oxygen atoms in total. The largest absolute Gasteiger partial charge is 0.326 e. The van der Waals surface area contributed by atoms with Gasteiger partial charge in [-0.3, -0.25) is 0 Å². The zero-order valence-electron chi connectivity index (χ0n) is 10.2. The molecule has 0 saturated carbocycles. The fourth-order valence-electron chi connectivity index (χ4n) is 1.67. The van der Waals surface area contributed by atoms with E-state index in [1.165, 1.54) is 0 Å². The number of aromatic nitrogens is 2. The van der Waals surface area contributed by atoms with E-state index in [4.69, 9.17) is 5.73 Å². The van der Waals surface area contributed by atoms with Gasteiger partial charge in [0.2, 0.25) is 0 Å². The van der Waals surface area contributed by atoms with Crippen LogP contribution in [0.1, 0.15) is 31.0 Å². The first kappa shape index (κ1) is 11.7. The third kappa shape index (κ3) is 2.68. The van der Waals surface area contributed by atoms with Crippen molar-refractivity contribution in [3.63, 3.8) is 0 Å². The molecule has 2 N–H and O–H groups in total. The second kappa shape index (κ2) is 5.06. The van der Waals surface area contributed by atoms with Crippen LogP contribution in [0.5, 0.6) is 0 Å². The molecule has 0 amide bonds. The summed E-state index contributed by atoms with van der Waals surface area (Å²) in [6, 6.07) is 10.0. The normalized spacial score (nSPS) is 10.8. The van der Waals surface area contributed by atoms with Crippen LogP contribution in [-0.2, 0) is 6.54 Å². The fraction of sp³-hybridized carbons (Fsp3) is 0.286. The highest BCUT2D eigenvalue weighted by Gasteiger charge is 2.05. The molecule has 88 valence electrons. The molecule has 0 radical (unpaired) electrons. The summed E-state index contributed by atoms with van der Waals surface area (Å²) in [4.78, 5) is 8.88. The molecular formula is C14H17N3.